The minimum absolute atomic E-state index is 0.0107. The highest BCUT2D eigenvalue weighted by atomic mass is 16.5. The Morgan fingerprint density at radius 2 is 1.82 bits per heavy atom. The SMILES string of the molecule is CCOC(=O)c1c(C)c(C(=O)CN(CCCOC)C(=O)CC(C)C)c(C)n1C. The van der Waals surface area contributed by atoms with Crippen LogP contribution in [0.1, 0.15) is 65.7 Å². The lowest BCUT2D eigenvalue weighted by Gasteiger charge is -2.23. The van der Waals surface area contributed by atoms with Gasteiger partial charge in [-0.3, -0.25) is 9.59 Å². The fourth-order valence-electron chi connectivity index (χ4n) is 3.30. The molecule has 0 aliphatic carbocycles. The summed E-state index contributed by atoms with van der Waals surface area (Å²) < 4.78 is 11.9. The van der Waals surface area contributed by atoms with Crippen LogP contribution < -0.4 is 0 Å². The molecular formula is C21H34N2O5. The van der Waals surface area contributed by atoms with Gasteiger partial charge >= 0.3 is 5.97 Å². The van der Waals surface area contributed by atoms with Gasteiger partial charge in [0.1, 0.15) is 5.69 Å². The monoisotopic (exact) mass is 394 g/mol. The number of aromatic nitrogens is 1. The molecule has 1 heterocycles. The number of amides is 1. The summed E-state index contributed by atoms with van der Waals surface area (Å²) in [7, 11) is 3.35. The van der Waals surface area contributed by atoms with Crippen molar-refractivity contribution in [1.82, 2.24) is 9.47 Å². The van der Waals surface area contributed by atoms with Crippen molar-refractivity contribution in [3.8, 4) is 0 Å². The number of nitrogens with zero attached hydrogens (tertiary/aromatic N) is 2. The lowest BCUT2D eigenvalue weighted by Crippen LogP contribution is -2.37. The van der Waals surface area contributed by atoms with E-state index in [4.69, 9.17) is 9.47 Å². The Hall–Kier alpha value is -2.15. The Morgan fingerprint density at radius 1 is 1.18 bits per heavy atom. The van der Waals surface area contributed by atoms with Crippen molar-refractivity contribution in [3.05, 3.63) is 22.5 Å². The van der Waals surface area contributed by atoms with Crippen LogP contribution in [0.3, 0.4) is 0 Å². The highest BCUT2D eigenvalue weighted by molar-refractivity contribution is 6.04. The molecule has 0 spiro atoms. The molecule has 0 saturated heterocycles. The van der Waals surface area contributed by atoms with Gasteiger partial charge < -0.3 is 18.9 Å². The van der Waals surface area contributed by atoms with Crippen LogP contribution >= 0.6 is 0 Å². The number of carbonyl (C=O) groups excluding carboxylic acids is 3. The van der Waals surface area contributed by atoms with Gasteiger partial charge in [0, 0.05) is 45.0 Å². The van der Waals surface area contributed by atoms with E-state index >= 15 is 0 Å². The van der Waals surface area contributed by atoms with Gasteiger partial charge in [-0.15, -0.1) is 0 Å². The topological polar surface area (TPSA) is 77.8 Å². The third-order valence-corrected chi connectivity index (χ3v) is 4.72. The van der Waals surface area contributed by atoms with Gasteiger partial charge in [-0.05, 0) is 38.7 Å². The maximum absolute atomic E-state index is 13.1. The molecule has 0 saturated carbocycles. The van der Waals surface area contributed by atoms with Crippen LogP contribution in [-0.4, -0.2) is 60.5 Å². The molecule has 7 heteroatoms. The van der Waals surface area contributed by atoms with Crippen molar-refractivity contribution in [1.29, 1.82) is 0 Å². The van der Waals surface area contributed by atoms with Crippen LogP contribution in [0.2, 0.25) is 0 Å². The zero-order chi connectivity index (χ0) is 21.4. The summed E-state index contributed by atoms with van der Waals surface area (Å²) in [5, 5.41) is 0. The number of hydrogen-bond acceptors (Lipinski definition) is 5. The summed E-state index contributed by atoms with van der Waals surface area (Å²) in [5.41, 5.74) is 2.15. The largest absolute Gasteiger partial charge is 0.461 e. The summed E-state index contributed by atoms with van der Waals surface area (Å²) in [6, 6.07) is 0. The first kappa shape index (κ1) is 23.9. The third-order valence-electron chi connectivity index (χ3n) is 4.72. The van der Waals surface area contributed by atoms with Gasteiger partial charge in [0.05, 0.1) is 13.2 Å². The zero-order valence-corrected chi connectivity index (χ0v) is 18.3. The second-order valence-corrected chi connectivity index (χ2v) is 7.40. The number of esters is 1. The molecule has 0 aromatic carbocycles. The van der Waals surface area contributed by atoms with E-state index in [1.807, 2.05) is 13.8 Å². The molecule has 1 aromatic rings. The maximum atomic E-state index is 13.1. The van der Waals surface area contributed by atoms with E-state index in [1.165, 1.54) is 0 Å². The maximum Gasteiger partial charge on any atom is 0.355 e. The lowest BCUT2D eigenvalue weighted by atomic mass is 10.0. The number of hydrogen-bond donors (Lipinski definition) is 0. The van der Waals surface area contributed by atoms with E-state index in [1.54, 1.807) is 44.4 Å². The van der Waals surface area contributed by atoms with Crippen molar-refractivity contribution in [3.63, 3.8) is 0 Å². The van der Waals surface area contributed by atoms with Gasteiger partial charge in [0.15, 0.2) is 5.78 Å². The molecular weight excluding hydrogens is 360 g/mol. The number of rotatable bonds is 11. The van der Waals surface area contributed by atoms with E-state index < -0.39 is 5.97 Å². The smallest absolute Gasteiger partial charge is 0.355 e. The fourth-order valence-corrected chi connectivity index (χ4v) is 3.30. The van der Waals surface area contributed by atoms with Crippen LogP contribution in [0.5, 0.6) is 0 Å². The average molecular weight is 395 g/mol. The molecule has 0 fully saturated rings. The fraction of sp³-hybridized carbons (Fsp3) is 0.667. The minimum atomic E-state index is -0.447. The zero-order valence-electron chi connectivity index (χ0n) is 18.3. The summed E-state index contributed by atoms with van der Waals surface area (Å²) in [5.74, 6) is -0.451. The molecule has 28 heavy (non-hydrogen) atoms. The Kier molecular flexibility index (Phi) is 9.38. The van der Waals surface area contributed by atoms with E-state index in [0.29, 0.717) is 48.5 Å². The van der Waals surface area contributed by atoms with Crippen LogP contribution in [0.25, 0.3) is 0 Å². The van der Waals surface area contributed by atoms with Crippen molar-refractivity contribution < 1.29 is 23.9 Å². The van der Waals surface area contributed by atoms with Crippen molar-refractivity contribution >= 4 is 17.7 Å². The molecule has 0 aliphatic rings. The molecule has 1 rings (SSSR count). The van der Waals surface area contributed by atoms with Crippen LogP contribution in [0.15, 0.2) is 0 Å². The van der Waals surface area contributed by atoms with Gasteiger partial charge in [0.2, 0.25) is 5.91 Å². The minimum Gasteiger partial charge on any atom is -0.461 e. The summed E-state index contributed by atoms with van der Waals surface area (Å²) in [6.07, 6.45) is 1.05. The Labute approximate surface area is 168 Å². The highest BCUT2D eigenvalue weighted by Gasteiger charge is 2.27. The standard InChI is InChI=1S/C21H34N2O5/c1-8-28-21(26)20-15(4)19(16(5)22(20)6)17(24)13-23(10-9-11-27-7)18(25)12-14(2)3/h14H,8-13H2,1-7H3. The quantitative estimate of drug-likeness (QED) is 0.328. The van der Waals surface area contributed by atoms with Crippen LogP contribution in [0.4, 0.5) is 0 Å². The number of ether oxygens (including phenoxy) is 2. The van der Waals surface area contributed by atoms with Crippen molar-refractivity contribution in [2.45, 2.75) is 47.5 Å². The Morgan fingerprint density at radius 3 is 2.36 bits per heavy atom. The van der Waals surface area contributed by atoms with Gasteiger partial charge in [-0.25, -0.2) is 4.79 Å². The normalized spacial score (nSPS) is 11.0. The van der Waals surface area contributed by atoms with Gasteiger partial charge in [0.25, 0.3) is 0 Å². The Balaban J connectivity index is 3.11. The molecule has 1 amide bonds. The summed E-state index contributed by atoms with van der Waals surface area (Å²) in [4.78, 5) is 39.5. The molecule has 0 radical (unpaired) electrons. The molecule has 7 nitrogen and oxygen atoms in total. The highest BCUT2D eigenvalue weighted by Crippen LogP contribution is 2.23. The van der Waals surface area contributed by atoms with Gasteiger partial charge in [-0.1, -0.05) is 13.8 Å². The predicted octanol–water partition coefficient (Wildman–Crippen LogP) is 2.91. The second kappa shape index (κ2) is 11.0. The Bertz CT molecular complexity index is 706. The first-order valence-corrected chi connectivity index (χ1v) is 9.78. The molecule has 0 aliphatic heterocycles. The van der Waals surface area contributed by atoms with E-state index in [2.05, 4.69) is 0 Å². The molecule has 158 valence electrons. The number of Topliss-reactive ketones (excluding diaryl/α,β-unsaturated/α-hetero) is 1. The van der Waals surface area contributed by atoms with Gasteiger partial charge in [-0.2, -0.15) is 0 Å². The molecule has 0 bridgehead atoms. The lowest BCUT2D eigenvalue weighted by molar-refractivity contribution is -0.131. The summed E-state index contributed by atoms with van der Waals surface area (Å²) in [6.45, 7) is 10.5. The molecule has 0 unspecified atom stereocenters. The first-order valence-electron chi connectivity index (χ1n) is 9.78. The molecule has 0 atom stereocenters. The van der Waals surface area contributed by atoms with Crippen LogP contribution in [-0.2, 0) is 21.3 Å². The number of methoxy groups -OCH3 is 1. The number of ketones is 1. The van der Waals surface area contributed by atoms with E-state index in [0.717, 1.165) is 0 Å². The molecule has 1 aromatic heterocycles. The second-order valence-electron chi connectivity index (χ2n) is 7.40. The average Bonchev–Trinajstić information content (AvgIpc) is 2.82. The van der Waals surface area contributed by atoms with Crippen molar-refractivity contribution in [2.24, 2.45) is 13.0 Å². The van der Waals surface area contributed by atoms with Crippen molar-refractivity contribution in [2.75, 3.05) is 33.4 Å². The summed E-state index contributed by atoms with van der Waals surface area (Å²) >= 11 is 0. The number of carbonyl (C=O) groups is 3. The van der Waals surface area contributed by atoms with E-state index in [-0.39, 0.29) is 30.8 Å². The van der Waals surface area contributed by atoms with Crippen LogP contribution in [0, 0.1) is 19.8 Å². The predicted molar refractivity (Wildman–Crippen MR) is 108 cm³/mol. The third kappa shape index (κ3) is 5.92. The van der Waals surface area contributed by atoms with E-state index in [9.17, 15) is 14.4 Å². The first-order chi connectivity index (χ1) is 13.1. The molecule has 0 N–H and O–H groups in total.